The van der Waals surface area contributed by atoms with Crippen LogP contribution in [0.15, 0.2) is 0 Å². The first kappa shape index (κ1) is 30.9. The zero-order valence-electron chi connectivity index (χ0n) is 25.9. The fourth-order valence-corrected chi connectivity index (χ4v) is 10.5. The number of halogens is 3. The van der Waals surface area contributed by atoms with Crippen LogP contribution < -0.4 is 0 Å². The van der Waals surface area contributed by atoms with Crippen LogP contribution in [0.1, 0.15) is 130 Å². The molecule has 0 aromatic carbocycles. The van der Waals surface area contributed by atoms with Crippen molar-refractivity contribution >= 4 is 5.78 Å². The van der Waals surface area contributed by atoms with Gasteiger partial charge in [-0.3, -0.25) is 9.69 Å². The summed E-state index contributed by atoms with van der Waals surface area (Å²) in [5.74, 6) is 2.52. The van der Waals surface area contributed by atoms with Crippen LogP contribution in [0.25, 0.3) is 0 Å². The van der Waals surface area contributed by atoms with E-state index < -0.39 is 12.1 Å². The van der Waals surface area contributed by atoms with Crippen LogP contribution in [-0.2, 0) is 4.79 Å². The third kappa shape index (κ3) is 6.80. The van der Waals surface area contributed by atoms with Crippen molar-refractivity contribution in [1.29, 1.82) is 0 Å². The second-order valence-corrected chi connectivity index (χ2v) is 15.6. The SMILES string of the molecule is CC1CCCC(CC2CCC(CC(=O)C3CCC(C)C(C4C(C)C(C)C5CCCCN54)C3)CC2C(F)(F)F)CC1. The number of piperidine rings is 1. The van der Waals surface area contributed by atoms with Gasteiger partial charge in [0.15, 0.2) is 0 Å². The van der Waals surface area contributed by atoms with Crippen molar-refractivity contribution in [3.63, 3.8) is 0 Å². The van der Waals surface area contributed by atoms with Crippen molar-refractivity contribution in [2.45, 2.75) is 149 Å². The molecule has 5 aliphatic rings. The number of hydrogen-bond acceptors (Lipinski definition) is 2. The van der Waals surface area contributed by atoms with Crippen LogP contribution in [0.2, 0.25) is 0 Å². The van der Waals surface area contributed by atoms with Gasteiger partial charge in [-0.1, -0.05) is 66.2 Å². The molecule has 0 aromatic rings. The summed E-state index contributed by atoms with van der Waals surface area (Å²) in [6.45, 7) is 10.8. The van der Waals surface area contributed by atoms with E-state index in [1.807, 2.05) is 0 Å². The molecule has 0 bridgehead atoms. The summed E-state index contributed by atoms with van der Waals surface area (Å²) in [5.41, 5.74) is 0. The fraction of sp³-hybridized carbons (Fsp3) is 0.971. The van der Waals surface area contributed by atoms with Gasteiger partial charge in [-0.2, -0.15) is 13.2 Å². The highest BCUT2D eigenvalue weighted by molar-refractivity contribution is 5.81. The smallest absolute Gasteiger partial charge is 0.299 e. The Balaban J connectivity index is 1.19. The molecule has 3 aliphatic carbocycles. The number of carbonyl (C=O) groups is 1. The van der Waals surface area contributed by atoms with Crippen molar-refractivity contribution in [1.82, 2.24) is 4.90 Å². The predicted molar refractivity (Wildman–Crippen MR) is 157 cm³/mol. The van der Waals surface area contributed by atoms with Crippen LogP contribution in [0.5, 0.6) is 0 Å². The van der Waals surface area contributed by atoms with Crippen LogP contribution in [-0.4, -0.2) is 35.5 Å². The van der Waals surface area contributed by atoms with E-state index in [0.717, 1.165) is 44.9 Å². The van der Waals surface area contributed by atoms with Gasteiger partial charge in [0, 0.05) is 24.4 Å². The number of nitrogens with zero attached hydrogens (tertiary/aromatic N) is 1. The molecule has 40 heavy (non-hydrogen) atoms. The lowest BCUT2D eigenvalue weighted by atomic mass is 9.65. The summed E-state index contributed by atoms with van der Waals surface area (Å²) >= 11 is 0. The standard InChI is InChI=1S/C35H58F3NO/c1-22-8-7-9-26(13-11-22)18-28-16-14-27(19-31(28)35(36,37)38)20-33(40)29-15-12-23(2)30(21-29)34-25(4)24(3)32-10-5-6-17-39(32)34/h22-32,34H,5-21H2,1-4H3. The zero-order valence-corrected chi connectivity index (χ0v) is 25.9. The third-order valence-electron chi connectivity index (χ3n) is 13.1. The topological polar surface area (TPSA) is 20.3 Å². The summed E-state index contributed by atoms with van der Waals surface area (Å²) in [7, 11) is 0. The molecule has 2 saturated heterocycles. The molecule has 0 N–H and O–H groups in total. The molecule has 2 heterocycles. The molecule has 5 fully saturated rings. The average Bonchev–Trinajstić information content (AvgIpc) is 3.02. The van der Waals surface area contributed by atoms with Gasteiger partial charge in [-0.25, -0.2) is 0 Å². The first-order valence-corrected chi connectivity index (χ1v) is 17.4. The van der Waals surface area contributed by atoms with Crippen molar-refractivity contribution in [2.24, 2.45) is 59.2 Å². The highest BCUT2D eigenvalue weighted by Gasteiger charge is 2.51. The lowest BCUT2D eigenvalue weighted by Gasteiger charge is -2.44. The molecule has 2 nitrogen and oxygen atoms in total. The number of ketones is 1. The molecular weight excluding hydrogens is 507 g/mol. The van der Waals surface area contributed by atoms with Crippen molar-refractivity contribution in [3.8, 4) is 0 Å². The van der Waals surface area contributed by atoms with Crippen LogP contribution in [0.4, 0.5) is 13.2 Å². The Morgan fingerprint density at radius 3 is 2.33 bits per heavy atom. The molecular formula is C35H58F3NO. The molecule has 3 saturated carbocycles. The largest absolute Gasteiger partial charge is 0.392 e. The Hall–Kier alpha value is -0.580. The van der Waals surface area contributed by atoms with Crippen molar-refractivity contribution in [3.05, 3.63) is 0 Å². The predicted octanol–water partition coefficient (Wildman–Crippen LogP) is 9.71. The minimum Gasteiger partial charge on any atom is -0.299 e. The quantitative estimate of drug-likeness (QED) is 0.299. The van der Waals surface area contributed by atoms with E-state index >= 15 is 0 Å². The Kier molecular flexibility index (Phi) is 10.0. The maximum Gasteiger partial charge on any atom is 0.392 e. The van der Waals surface area contributed by atoms with E-state index in [9.17, 15) is 18.0 Å². The van der Waals surface area contributed by atoms with Gasteiger partial charge >= 0.3 is 6.18 Å². The number of alkyl halides is 3. The summed E-state index contributed by atoms with van der Waals surface area (Å²) in [4.78, 5) is 16.5. The van der Waals surface area contributed by atoms with E-state index in [2.05, 4.69) is 32.6 Å². The van der Waals surface area contributed by atoms with Crippen LogP contribution in [0, 0.1) is 59.2 Å². The van der Waals surface area contributed by atoms with Crippen LogP contribution in [0.3, 0.4) is 0 Å². The summed E-state index contributed by atoms with van der Waals surface area (Å²) < 4.78 is 43.0. The molecule has 12 unspecified atom stereocenters. The highest BCUT2D eigenvalue weighted by Crippen LogP contribution is 2.51. The monoisotopic (exact) mass is 565 g/mol. The molecule has 0 amide bonds. The van der Waals surface area contributed by atoms with Gasteiger partial charge in [-0.15, -0.1) is 0 Å². The van der Waals surface area contributed by atoms with E-state index in [4.69, 9.17) is 0 Å². The van der Waals surface area contributed by atoms with Gasteiger partial charge in [0.2, 0.25) is 0 Å². The zero-order chi connectivity index (χ0) is 28.6. The van der Waals surface area contributed by atoms with Crippen molar-refractivity contribution in [2.75, 3.05) is 6.54 Å². The van der Waals surface area contributed by atoms with E-state index in [1.165, 1.54) is 45.1 Å². The number of rotatable bonds is 6. The molecule has 0 aromatic heterocycles. The van der Waals surface area contributed by atoms with Gasteiger partial charge in [0.1, 0.15) is 5.78 Å². The lowest BCUT2D eigenvalue weighted by molar-refractivity contribution is -0.203. The Morgan fingerprint density at radius 2 is 1.55 bits per heavy atom. The maximum atomic E-state index is 14.3. The maximum absolute atomic E-state index is 14.3. The van der Waals surface area contributed by atoms with Crippen LogP contribution >= 0.6 is 0 Å². The fourth-order valence-electron chi connectivity index (χ4n) is 10.5. The van der Waals surface area contributed by atoms with Crippen molar-refractivity contribution < 1.29 is 18.0 Å². The number of carbonyl (C=O) groups excluding carboxylic acids is 1. The van der Waals surface area contributed by atoms with E-state index in [1.54, 1.807) is 0 Å². The first-order chi connectivity index (χ1) is 19.0. The molecule has 0 spiro atoms. The Morgan fingerprint density at radius 1 is 0.775 bits per heavy atom. The van der Waals surface area contributed by atoms with Gasteiger partial charge in [0.25, 0.3) is 0 Å². The highest BCUT2D eigenvalue weighted by atomic mass is 19.4. The molecule has 230 valence electrons. The summed E-state index contributed by atoms with van der Waals surface area (Å²) in [6.07, 6.45) is 11.3. The number of fused-ring (bicyclic) bond motifs is 1. The molecule has 0 radical (unpaired) electrons. The summed E-state index contributed by atoms with van der Waals surface area (Å²) in [5, 5.41) is 0. The minimum atomic E-state index is -4.14. The average molecular weight is 566 g/mol. The van der Waals surface area contributed by atoms with Gasteiger partial charge < -0.3 is 0 Å². The molecule has 2 aliphatic heterocycles. The summed E-state index contributed by atoms with van der Waals surface area (Å²) in [6, 6.07) is 1.27. The van der Waals surface area contributed by atoms with E-state index in [-0.39, 0.29) is 30.0 Å². The normalized spacial score (nSPS) is 45.6. The Labute approximate surface area is 243 Å². The van der Waals surface area contributed by atoms with Gasteiger partial charge in [-0.05, 0) is 112 Å². The number of Topliss-reactive ketones (excluding diaryl/α,β-unsaturated/α-hetero) is 1. The Bertz CT molecular complexity index is 843. The lowest BCUT2D eigenvalue weighted by Crippen LogP contribution is -2.48. The first-order valence-electron chi connectivity index (χ1n) is 17.4. The van der Waals surface area contributed by atoms with Gasteiger partial charge in [0.05, 0.1) is 5.92 Å². The molecule has 5 heteroatoms. The second-order valence-electron chi connectivity index (χ2n) is 15.6. The number of hydrogen-bond donors (Lipinski definition) is 0. The van der Waals surface area contributed by atoms with E-state index in [0.29, 0.717) is 60.4 Å². The molecule has 5 rings (SSSR count). The molecule has 12 atom stereocenters. The second kappa shape index (κ2) is 13.0. The third-order valence-corrected chi connectivity index (χ3v) is 13.1. The minimum absolute atomic E-state index is 0.0579.